The molecule has 3 rings (SSSR count). The first kappa shape index (κ1) is 64.8. The molecule has 3 aliphatic heterocycles. The van der Waals surface area contributed by atoms with Gasteiger partial charge >= 0.3 is 0 Å². The Labute approximate surface area is 433 Å². The summed E-state index contributed by atoms with van der Waals surface area (Å²) in [5.41, 5.74) is 0. The molecule has 19 heteroatoms. The summed E-state index contributed by atoms with van der Waals surface area (Å²) in [7, 11) is 0. The largest absolute Gasteiger partial charge is 0.394 e. The first-order valence-corrected chi connectivity index (χ1v) is 27.0. The first-order chi connectivity index (χ1) is 35.3. The molecule has 19 nitrogen and oxygen atoms in total. The van der Waals surface area contributed by atoms with E-state index in [9.17, 15) is 61.0 Å². The predicted octanol–water partition coefficient (Wildman–Crippen LogP) is 2.92. The summed E-state index contributed by atoms with van der Waals surface area (Å²) < 4.78 is 34.0. The van der Waals surface area contributed by atoms with E-state index in [-0.39, 0.29) is 18.9 Å². The molecule has 0 bridgehead atoms. The molecule has 1 amide bonds. The van der Waals surface area contributed by atoms with E-state index < -0.39 is 124 Å². The molecule has 0 aliphatic carbocycles. The van der Waals surface area contributed by atoms with Crippen molar-refractivity contribution in [2.45, 2.75) is 247 Å². The second-order valence-corrected chi connectivity index (χ2v) is 19.3. The lowest BCUT2D eigenvalue weighted by Gasteiger charge is -2.48. The van der Waals surface area contributed by atoms with E-state index in [1.165, 1.54) is 25.7 Å². The zero-order valence-corrected chi connectivity index (χ0v) is 43.3. The summed E-state index contributed by atoms with van der Waals surface area (Å²) in [5, 5.41) is 119. The van der Waals surface area contributed by atoms with Gasteiger partial charge in [-0.15, -0.1) is 0 Å². The summed E-state index contributed by atoms with van der Waals surface area (Å²) in [5.74, 6) is -0.266. The van der Waals surface area contributed by atoms with Crippen LogP contribution in [-0.2, 0) is 33.2 Å². The molecule has 12 N–H and O–H groups in total. The molecule has 3 aliphatic rings. The molecule has 17 atom stereocenters. The topological polar surface area (TPSA) is 307 Å². The van der Waals surface area contributed by atoms with Crippen LogP contribution in [0.4, 0.5) is 0 Å². The van der Waals surface area contributed by atoms with Gasteiger partial charge in [-0.25, -0.2) is 0 Å². The molecule has 3 saturated heterocycles. The number of carbonyl (C=O) groups excluding carboxylic acids is 1. The van der Waals surface area contributed by atoms with E-state index in [4.69, 9.17) is 28.4 Å². The normalized spacial score (nSPS) is 32.2. The number of amides is 1. The van der Waals surface area contributed by atoms with Gasteiger partial charge in [-0.3, -0.25) is 4.79 Å². The molecule has 0 saturated carbocycles. The van der Waals surface area contributed by atoms with Gasteiger partial charge in [0.1, 0.15) is 73.2 Å². The van der Waals surface area contributed by atoms with Crippen LogP contribution in [0.2, 0.25) is 0 Å². The van der Waals surface area contributed by atoms with Crippen LogP contribution in [0.25, 0.3) is 0 Å². The maximum absolute atomic E-state index is 13.1. The van der Waals surface area contributed by atoms with Crippen LogP contribution in [0.3, 0.4) is 0 Å². The number of aliphatic hydroxyl groups excluding tert-OH is 11. The molecule has 0 spiro atoms. The predicted molar refractivity (Wildman–Crippen MR) is 272 cm³/mol. The summed E-state index contributed by atoms with van der Waals surface area (Å²) in [6.07, 6.45) is 14.4. The zero-order valence-electron chi connectivity index (χ0n) is 43.3. The Morgan fingerprint density at radius 3 is 1.45 bits per heavy atom. The minimum Gasteiger partial charge on any atom is -0.394 e. The highest BCUT2D eigenvalue weighted by Gasteiger charge is 2.53. The Balaban J connectivity index is 1.37. The highest BCUT2D eigenvalue weighted by atomic mass is 16.8. The third-order valence-electron chi connectivity index (χ3n) is 13.4. The third kappa shape index (κ3) is 23.3. The molecule has 17 unspecified atom stereocenters. The van der Waals surface area contributed by atoms with E-state index in [2.05, 4.69) is 73.0 Å². The van der Waals surface area contributed by atoms with Gasteiger partial charge in [0, 0.05) is 6.42 Å². The lowest BCUT2D eigenvalue weighted by atomic mass is 9.96. The zero-order chi connectivity index (χ0) is 53.4. The molecule has 0 radical (unpaired) electrons. The van der Waals surface area contributed by atoms with Gasteiger partial charge in [0.05, 0.1) is 38.6 Å². The van der Waals surface area contributed by atoms with Crippen LogP contribution in [0.5, 0.6) is 0 Å². The Morgan fingerprint density at radius 1 is 0.507 bits per heavy atom. The Bertz CT molecular complexity index is 1580. The van der Waals surface area contributed by atoms with Gasteiger partial charge in [0.15, 0.2) is 18.9 Å². The lowest BCUT2D eigenvalue weighted by Crippen LogP contribution is -2.66. The van der Waals surface area contributed by atoms with Gasteiger partial charge in [0.2, 0.25) is 5.91 Å². The van der Waals surface area contributed by atoms with Gasteiger partial charge in [-0.05, 0) is 57.8 Å². The molecule has 0 aromatic rings. The number of nitrogens with one attached hydrogen (secondary N) is 1. The smallest absolute Gasteiger partial charge is 0.220 e. The fourth-order valence-corrected chi connectivity index (χ4v) is 8.87. The summed E-state index contributed by atoms with van der Waals surface area (Å²) >= 11 is 0. The van der Waals surface area contributed by atoms with Crippen LogP contribution in [0, 0.1) is 0 Å². The van der Waals surface area contributed by atoms with Gasteiger partial charge < -0.3 is 89.9 Å². The van der Waals surface area contributed by atoms with Crippen molar-refractivity contribution in [3.63, 3.8) is 0 Å². The van der Waals surface area contributed by atoms with E-state index in [0.29, 0.717) is 19.3 Å². The van der Waals surface area contributed by atoms with Crippen molar-refractivity contribution >= 4 is 5.91 Å². The van der Waals surface area contributed by atoms with Crippen LogP contribution >= 0.6 is 0 Å². The molecular weight excluding hydrogens is 951 g/mol. The molecule has 422 valence electrons. The third-order valence-corrected chi connectivity index (χ3v) is 13.4. The highest BCUT2D eigenvalue weighted by Crippen LogP contribution is 2.33. The average Bonchev–Trinajstić information content (AvgIpc) is 3.38. The van der Waals surface area contributed by atoms with E-state index in [1.54, 1.807) is 0 Å². The van der Waals surface area contributed by atoms with Gasteiger partial charge in [-0.1, -0.05) is 139 Å². The van der Waals surface area contributed by atoms with Gasteiger partial charge in [0.25, 0.3) is 0 Å². The number of rotatable bonds is 37. The summed E-state index contributed by atoms with van der Waals surface area (Å²) in [6.45, 7) is 1.44. The molecule has 0 aromatic carbocycles. The monoisotopic (exact) mass is 1040 g/mol. The van der Waals surface area contributed by atoms with Crippen LogP contribution in [0.15, 0.2) is 60.8 Å². The second kappa shape index (κ2) is 38.1. The number of ether oxygens (including phenoxy) is 6. The van der Waals surface area contributed by atoms with Crippen molar-refractivity contribution < 1.29 is 89.4 Å². The van der Waals surface area contributed by atoms with Crippen molar-refractivity contribution in [3.8, 4) is 0 Å². The molecule has 0 aromatic heterocycles. The number of unbranched alkanes of at least 4 members (excludes halogenated alkanes) is 11. The molecular formula is C54H93NO18. The average molecular weight is 1040 g/mol. The Hall–Kier alpha value is -2.51. The van der Waals surface area contributed by atoms with E-state index in [0.717, 1.165) is 77.0 Å². The Morgan fingerprint density at radius 2 is 0.945 bits per heavy atom. The summed E-state index contributed by atoms with van der Waals surface area (Å²) in [6, 6.07) is -0.888. The van der Waals surface area contributed by atoms with Crippen molar-refractivity contribution in [2.24, 2.45) is 0 Å². The van der Waals surface area contributed by atoms with Crippen molar-refractivity contribution in [3.05, 3.63) is 60.8 Å². The highest BCUT2D eigenvalue weighted by molar-refractivity contribution is 5.76. The van der Waals surface area contributed by atoms with Crippen molar-refractivity contribution in [1.29, 1.82) is 0 Å². The lowest BCUT2D eigenvalue weighted by molar-refractivity contribution is -0.379. The SMILES string of the molecule is CC/C=C\C/C=C\C/C=C\C/C=C\C/C=C\CCCCCCCCCCCC(=O)NC(COC1OC(CO)C(OC2OC(CO)C(OC3OC(CO)C(O)C(O)C3O)C(O)C2O)C(O)C1O)C(O)CCCCC. The van der Waals surface area contributed by atoms with Crippen LogP contribution < -0.4 is 5.32 Å². The number of carbonyl (C=O) groups is 1. The number of hydrogen-bond acceptors (Lipinski definition) is 18. The van der Waals surface area contributed by atoms with Crippen LogP contribution in [-0.4, -0.2) is 193 Å². The fourth-order valence-electron chi connectivity index (χ4n) is 8.87. The Kier molecular flexibility index (Phi) is 33.8. The van der Waals surface area contributed by atoms with E-state index >= 15 is 0 Å². The second-order valence-electron chi connectivity index (χ2n) is 19.3. The number of hydrogen-bond donors (Lipinski definition) is 12. The summed E-state index contributed by atoms with van der Waals surface area (Å²) in [4.78, 5) is 13.1. The van der Waals surface area contributed by atoms with E-state index in [1.807, 2.05) is 6.92 Å². The van der Waals surface area contributed by atoms with Crippen LogP contribution in [0.1, 0.15) is 142 Å². The number of allylic oxidation sites excluding steroid dienone is 10. The first-order valence-electron chi connectivity index (χ1n) is 27.0. The minimum atomic E-state index is -1.97. The molecule has 3 heterocycles. The maximum Gasteiger partial charge on any atom is 0.220 e. The maximum atomic E-state index is 13.1. The standard InChI is InChI=1S/C54H93NO18/c1-3-5-7-8-9-10-11-12-13-14-15-16-17-18-19-20-21-22-23-24-25-26-27-28-30-32-42(60)55-37(38(59)31-29-6-4-2)36-68-52-48(66)45(63)50(40(34-57)70-52)73-54-49(67)46(64)51(41(35-58)71-54)72-53-47(65)44(62)43(61)39(33-56)69-53/h5,7,9-10,12-13,15-16,18-19,37-41,43-54,56-59,61-67H,3-4,6,8,11,14,17,20-36H2,1-2H3,(H,55,60)/b7-5-,10-9-,13-12-,16-15-,19-18-. The quantitative estimate of drug-likeness (QED) is 0.0315. The molecule has 73 heavy (non-hydrogen) atoms. The van der Waals surface area contributed by atoms with Gasteiger partial charge in [-0.2, -0.15) is 0 Å². The number of aliphatic hydroxyl groups is 11. The van der Waals surface area contributed by atoms with Crippen molar-refractivity contribution in [1.82, 2.24) is 5.32 Å². The van der Waals surface area contributed by atoms with Crippen molar-refractivity contribution in [2.75, 3.05) is 26.4 Å². The minimum absolute atomic E-state index is 0.252. The fraction of sp³-hybridized carbons (Fsp3) is 0.796. The molecule has 3 fully saturated rings.